The summed E-state index contributed by atoms with van der Waals surface area (Å²) in [5, 5.41) is 11.6. The number of amides is 1. The van der Waals surface area contributed by atoms with E-state index in [1.165, 1.54) is 12.8 Å². The fourth-order valence-corrected chi connectivity index (χ4v) is 2.96. The van der Waals surface area contributed by atoms with Gasteiger partial charge in [-0.15, -0.1) is 0 Å². The van der Waals surface area contributed by atoms with Crippen molar-refractivity contribution in [1.29, 1.82) is 0 Å². The molecule has 1 aliphatic rings. The van der Waals surface area contributed by atoms with Gasteiger partial charge >= 0.3 is 5.97 Å². The number of nitrogens with one attached hydrogen (secondary N) is 1. The number of rotatable bonds is 13. The van der Waals surface area contributed by atoms with E-state index in [2.05, 4.69) is 11.9 Å². The molecule has 1 fully saturated rings. The quantitative estimate of drug-likeness (QED) is 0.240. The van der Waals surface area contributed by atoms with Crippen LogP contribution in [0.3, 0.4) is 0 Å². The largest absolute Gasteiger partial charge is 0.493 e. The van der Waals surface area contributed by atoms with Gasteiger partial charge in [0.15, 0.2) is 0 Å². The highest BCUT2D eigenvalue weighted by Gasteiger charge is 2.22. The van der Waals surface area contributed by atoms with E-state index in [0.29, 0.717) is 35.9 Å². The number of carbonyl (C=O) groups is 2. The van der Waals surface area contributed by atoms with Gasteiger partial charge in [0.05, 0.1) is 6.61 Å². The molecule has 1 atom stereocenters. The van der Waals surface area contributed by atoms with Gasteiger partial charge in [-0.05, 0) is 93.0 Å². The minimum atomic E-state index is -1.05. The molecule has 2 rings (SSSR count). The van der Waals surface area contributed by atoms with Crippen molar-refractivity contribution in [2.45, 2.75) is 59.6 Å². The van der Waals surface area contributed by atoms with E-state index >= 15 is 0 Å². The van der Waals surface area contributed by atoms with Crippen LogP contribution in [0.5, 0.6) is 5.75 Å². The van der Waals surface area contributed by atoms with E-state index in [0.717, 1.165) is 23.5 Å². The summed E-state index contributed by atoms with van der Waals surface area (Å²) in [7, 11) is 0. The third kappa shape index (κ3) is 9.00. The van der Waals surface area contributed by atoms with Crippen LogP contribution < -0.4 is 10.1 Å². The molecule has 178 valence electrons. The first-order chi connectivity index (χ1) is 15.7. The average Bonchev–Trinajstić information content (AvgIpc) is 3.63. The third-order valence-electron chi connectivity index (χ3n) is 5.40. The summed E-state index contributed by atoms with van der Waals surface area (Å²) < 4.78 is 11.8. The van der Waals surface area contributed by atoms with Gasteiger partial charge in [0.2, 0.25) is 5.91 Å². The summed E-state index contributed by atoms with van der Waals surface area (Å²) in [6, 6.07) is 7.01. The van der Waals surface area contributed by atoms with Gasteiger partial charge < -0.3 is 19.9 Å². The lowest BCUT2D eigenvalue weighted by atomic mass is 10.1. The topological polar surface area (TPSA) is 84.9 Å². The molecule has 1 aromatic carbocycles. The normalized spacial score (nSPS) is 15.6. The molecular weight excluding hydrogens is 418 g/mol. The van der Waals surface area contributed by atoms with E-state index < -0.39 is 17.9 Å². The molecule has 0 saturated heterocycles. The predicted molar refractivity (Wildman–Crippen MR) is 130 cm³/mol. The minimum Gasteiger partial charge on any atom is -0.493 e. The molecule has 0 aliphatic heterocycles. The summed E-state index contributed by atoms with van der Waals surface area (Å²) in [6.45, 7) is 12.3. The smallest absolute Gasteiger partial charge is 0.326 e. The second kappa shape index (κ2) is 12.7. The fraction of sp³-hybridized carbons (Fsp3) is 0.407. The van der Waals surface area contributed by atoms with Crippen molar-refractivity contribution in [3.05, 3.63) is 77.1 Å². The molecule has 0 radical (unpaired) electrons. The lowest BCUT2D eigenvalue weighted by Crippen LogP contribution is -2.40. The van der Waals surface area contributed by atoms with Crippen LogP contribution in [0.4, 0.5) is 0 Å². The first kappa shape index (κ1) is 26.0. The Kier molecular flexibility index (Phi) is 9.98. The molecule has 0 aromatic heterocycles. The summed E-state index contributed by atoms with van der Waals surface area (Å²) in [4.78, 5) is 23.4. The van der Waals surface area contributed by atoms with Crippen molar-refractivity contribution in [3.63, 3.8) is 0 Å². The lowest BCUT2D eigenvalue weighted by Gasteiger charge is -2.13. The predicted octanol–water partition coefficient (Wildman–Crippen LogP) is 5.32. The van der Waals surface area contributed by atoms with Gasteiger partial charge in [-0.1, -0.05) is 25.6 Å². The van der Waals surface area contributed by atoms with E-state index in [4.69, 9.17) is 14.6 Å². The zero-order valence-electron chi connectivity index (χ0n) is 20.0. The van der Waals surface area contributed by atoms with Gasteiger partial charge in [0.1, 0.15) is 24.2 Å². The van der Waals surface area contributed by atoms with Crippen LogP contribution in [-0.2, 0) is 20.9 Å². The van der Waals surface area contributed by atoms with Crippen molar-refractivity contribution >= 4 is 11.9 Å². The van der Waals surface area contributed by atoms with E-state index in [9.17, 15) is 9.59 Å². The number of hydrogen-bond acceptors (Lipinski definition) is 4. The van der Waals surface area contributed by atoms with E-state index in [-0.39, 0.29) is 0 Å². The molecule has 0 bridgehead atoms. The van der Waals surface area contributed by atoms with E-state index in [1.54, 1.807) is 19.9 Å². The molecule has 1 unspecified atom stereocenters. The number of carboxylic acids is 1. The van der Waals surface area contributed by atoms with Gasteiger partial charge in [0.25, 0.3) is 0 Å². The second-order valence-corrected chi connectivity index (χ2v) is 8.33. The molecule has 1 aromatic rings. The summed E-state index contributed by atoms with van der Waals surface area (Å²) in [5.41, 5.74) is 2.88. The Morgan fingerprint density at radius 2 is 1.97 bits per heavy atom. The standard InChI is InChI=1S/C27H35NO5/c1-6-23(32-17-22-9-8-10-24(15-22)33-16-21-11-12-21)14-19(4)18(3)13-20(5)26(29)28-25(7-2)27(30)31/h6,8-10,13-15,21,25H,3,7,11-12,16-17H2,1-2,4-5H3,(H,28,29)(H,30,31)/b19-14-,20-13+,23-6+. The molecule has 33 heavy (non-hydrogen) atoms. The molecule has 2 N–H and O–H groups in total. The van der Waals surface area contributed by atoms with Crippen molar-refractivity contribution in [2.75, 3.05) is 6.61 Å². The Balaban J connectivity index is 1.94. The minimum absolute atomic E-state index is 0.311. The average molecular weight is 454 g/mol. The molecule has 6 nitrogen and oxygen atoms in total. The summed E-state index contributed by atoms with van der Waals surface area (Å²) >= 11 is 0. The number of allylic oxidation sites excluding steroid dienone is 5. The van der Waals surface area contributed by atoms with Crippen molar-refractivity contribution in [1.82, 2.24) is 5.32 Å². The highest BCUT2D eigenvalue weighted by atomic mass is 16.5. The van der Waals surface area contributed by atoms with Gasteiger partial charge in [0, 0.05) is 5.57 Å². The van der Waals surface area contributed by atoms with E-state index in [1.807, 2.05) is 50.3 Å². The Morgan fingerprint density at radius 3 is 2.58 bits per heavy atom. The highest BCUT2D eigenvalue weighted by molar-refractivity contribution is 5.95. The van der Waals surface area contributed by atoms with Crippen molar-refractivity contribution < 1.29 is 24.2 Å². The molecule has 0 heterocycles. The Morgan fingerprint density at radius 1 is 1.24 bits per heavy atom. The van der Waals surface area contributed by atoms with Crippen LogP contribution in [-0.4, -0.2) is 29.6 Å². The molecule has 0 spiro atoms. The number of carboxylic acid groups (broad SMARTS) is 1. The van der Waals surface area contributed by atoms with Gasteiger partial charge in [-0.25, -0.2) is 4.79 Å². The van der Waals surface area contributed by atoms with Crippen LogP contribution in [0, 0.1) is 5.92 Å². The molecular formula is C27H35NO5. The number of ether oxygens (including phenoxy) is 2. The second-order valence-electron chi connectivity index (χ2n) is 8.33. The van der Waals surface area contributed by atoms with Crippen molar-refractivity contribution in [2.24, 2.45) is 5.92 Å². The molecule has 1 aliphatic carbocycles. The number of hydrogen-bond donors (Lipinski definition) is 2. The molecule has 6 heteroatoms. The monoisotopic (exact) mass is 453 g/mol. The van der Waals surface area contributed by atoms with Gasteiger partial charge in [-0.3, -0.25) is 4.79 Å². The Hall–Kier alpha value is -3.28. The number of aliphatic carboxylic acids is 1. The Bertz CT molecular complexity index is 953. The molecule has 1 saturated carbocycles. The van der Waals surface area contributed by atoms with Crippen LogP contribution in [0.2, 0.25) is 0 Å². The maximum atomic E-state index is 12.3. The molecule has 1 amide bonds. The third-order valence-corrected chi connectivity index (χ3v) is 5.40. The Labute approximate surface area is 196 Å². The van der Waals surface area contributed by atoms with Crippen LogP contribution in [0.15, 0.2) is 71.6 Å². The summed E-state index contributed by atoms with van der Waals surface area (Å²) in [6.07, 6.45) is 8.20. The number of carbonyl (C=O) groups excluding carboxylic acids is 1. The summed E-state index contributed by atoms with van der Waals surface area (Å²) in [5.74, 6) is 0.769. The van der Waals surface area contributed by atoms with Gasteiger partial charge in [-0.2, -0.15) is 0 Å². The maximum Gasteiger partial charge on any atom is 0.326 e. The lowest BCUT2D eigenvalue weighted by molar-refractivity contribution is -0.141. The maximum absolute atomic E-state index is 12.3. The highest BCUT2D eigenvalue weighted by Crippen LogP contribution is 2.29. The zero-order chi connectivity index (χ0) is 24.4. The van der Waals surface area contributed by atoms with Crippen LogP contribution in [0.1, 0.15) is 52.5 Å². The van der Waals surface area contributed by atoms with Crippen LogP contribution in [0.25, 0.3) is 0 Å². The fourth-order valence-electron chi connectivity index (χ4n) is 2.96. The SMILES string of the molecule is C=C(/C=C(\C)C(=O)NC(CC)C(=O)O)/C(C)=C\C(=C/C)OCc1cccc(OCC2CC2)c1. The van der Waals surface area contributed by atoms with Crippen LogP contribution >= 0.6 is 0 Å². The number of benzene rings is 1. The zero-order valence-corrected chi connectivity index (χ0v) is 20.0. The first-order valence-corrected chi connectivity index (χ1v) is 11.3. The first-order valence-electron chi connectivity index (χ1n) is 11.3. The van der Waals surface area contributed by atoms with Crippen molar-refractivity contribution in [3.8, 4) is 5.75 Å².